The highest BCUT2D eigenvalue weighted by molar-refractivity contribution is 6.18. The fourth-order valence-electron chi connectivity index (χ4n) is 8.20. The van der Waals surface area contributed by atoms with E-state index in [9.17, 15) is 38.3 Å². The van der Waals surface area contributed by atoms with E-state index in [0.717, 1.165) is 5.56 Å². The van der Waals surface area contributed by atoms with Crippen LogP contribution >= 0.6 is 0 Å². The minimum absolute atomic E-state index is 0.0165. The third kappa shape index (κ3) is 12.7. The van der Waals surface area contributed by atoms with E-state index in [2.05, 4.69) is 26.3 Å². The second kappa shape index (κ2) is 22.6. The number of aliphatic carboxylic acids is 1. The lowest BCUT2D eigenvalue weighted by Gasteiger charge is -2.42. The maximum Gasteiger partial charge on any atom is 0.410 e. The number of urea groups is 1. The molecular formula is C48H52F2N10O9. The van der Waals surface area contributed by atoms with Crippen molar-refractivity contribution < 1.29 is 52.1 Å². The molecule has 3 unspecified atom stereocenters. The number of carboxylic acids is 1. The van der Waals surface area contributed by atoms with Gasteiger partial charge < -0.3 is 51.0 Å². The Labute approximate surface area is 395 Å². The smallest absolute Gasteiger partial charge is 0.410 e. The van der Waals surface area contributed by atoms with Crippen LogP contribution in [0.4, 0.5) is 28.9 Å². The third-order valence-corrected chi connectivity index (χ3v) is 11.9. The number of fused-ring (bicyclic) bond motifs is 1. The fourth-order valence-corrected chi connectivity index (χ4v) is 8.20. The number of alkyl carbamates (subject to hydrolysis) is 1. The summed E-state index contributed by atoms with van der Waals surface area (Å²) < 4.78 is 41.6. The maximum absolute atomic E-state index is 15.4. The number of primary amides is 1. The summed E-state index contributed by atoms with van der Waals surface area (Å²) in [5, 5.41) is 26.3. The van der Waals surface area contributed by atoms with Gasteiger partial charge in [0.2, 0.25) is 5.91 Å². The summed E-state index contributed by atoms with van der Waals surface area (Å²) in [4.78, 5) is 80.9. The molecule has 69 heavy (non-hydrogen) atoms. The number of rotatable bonds is 18. The van der Waals surface area contributed by atoms with E-state index in [-0.39, 0.29) is 57.0 Å². The zero-order valence-electron chi connectivity index (χ0n) is 37.6. The summed E-state index contributed by atoms with van der Waals surface area (Å²) in [7, 11) is 0. The Hall–Kier alpha value is -8.10. The Kier molecular flexibility index (Phi) is 16.0. The quantitative estimate of drug-likeness (QED) is 0.0644. The standard InChI is InChI=1S/C48H52F2N10O9/c1-2-57-26-36(45(63)64)43(61)35-24-37(50)42(25-41(35)57)58-19-21-59(22-20-58)48(67)69-29-32-12-16-34(17-13-32)53-44(62)40(9-6-18-52-46(51)65)60-27-39(55-56-60)38(23-30-10-14-33(49)15-11-30)54-47(66)68-28-31-7-4-3-5-8-31/h3-5,7-8,10-17,24-27,35,38,40-41H,2,6,9,18-23,28-29H2,1H3,(H,53,62)(H,54,66)(H,63,64)(H3,51,52,65)/t35?,38-,40?,41?/m0/s1. The molecule has 7 rings (SSSR count). The van der Waals surface area contributed by atoms with Crippen molar-refractivity contribution in [1.29, 1.82) is 0 Å². The monoisotopic (exact) mass is 950 g/mol. The van der Waals surface area contributed by atoms with Gasteiger partial charge in [0.05, 0.1) is 29.9 Å². The molecule has 1 saturated heterocycles. The first kappa shape index (κ1) is 48.8. The Bertz CT molecular complexity index is 2600. The number of piperazine rings is 1. The number of likely N-dealkylation sites (N-methyl/N-ethyl adjacent to an activating group) is 1. The lowest BCUT2D eigenvalue weighted by atomic mass is 9.82. The molecule has 3 heterocycles. The number of hydrogen-bond donors (Lipinski definition) is 5. The molecule has 19 nitrogen and oxygen atoms in total. The first-order valence-electron chi connectivity index (χ1n) is 22.3. The number of allylic oxidation sites excluding steroid dienone is 1. The molecule has 1 fully saturated rings. The molecule has 3 aromatic carbocycles. The van der Waals surface area contributed by atoms with Gasteiger partial charge in [0, 0.05) is 51.2 Å². The number of hydrogen-bond acceptors (Lipinski definition) is 12. The number of carboxylic acid groups (broad SMARTS) is 1. The molecule has 0 spiro atoms. The highest BCUT2D eigenvalue weighted by Gasteiger charge is 2.41. The lowest BCUT2D eigenvalue weighted by Crippen LogP contribution is -2.50. The molecule has 0 bridgehead atoms. The van der Waals surface area contributed by atoms with Gasteiger partial charge >= 0.3 is 24.2 Å². The van der Waals surface area contributed by atoms with Crippen molar-refractivity contribution in [1.82, 2.24) is 40.3 Å². The number of halogens is 2. The summed E-state index contributed by atoms with van der Waals surface area (Å²) in [5.74, 6) is -4.48. The van der Waals surface area contributed by atoms with Crippen LogP contribution in [-0.4, -0.2) is 116 Å². The van der Waals surface area contributed by atoms with E-state index < -0.39 is 71.6 Å². The zero-order chi connectivity index (χ0) is 49.0. The van der Waals surface area contributed by atoms with Crippen molar-refractivity contribution >= 4 is 41.6 Å². The van der Waals surface area contributed by atoms with Crippen LogP contribution in [0.2, 0.25) is 0 Å². The first-order chi connectivity index (χ1) is 33.3. The van der Waals surface area contributed by atoms with Crippen LogP contribution in [0.25, 0.3) is 0 Å². The SMILES string of the molecule is CCN1C=C(C(=O)O)C(=O)C2C=C(F)C(N3CCN(C(=O)OCc4ccc(NC(=O)C(CCCNC(N)=O)n5cc([C@H](Cc6ccc(F)cc6)NC(=O)OCc6ccccc6)nn5)cc4)CC3)=CC21. The Morgan fingerprint density at radius 3 is 2.25 bits per heavy atom. The van der Waals surface area contributed by atoms with Crippen molar-refractivity contribution in [3.8, 4) is 0 Å². The van der Waals surface area contributed by atoms with Crippen LogP contribution < -0.4 is 21.7 Å². The van der Waals surface area contributed by atoms with E-state index in [0.29, 0.717) is 48.6 Å². The van der Waals surface area contributed by atoms with Gasteiger partial charge in [0.1, 0.15) is 42.2 Å². The van der Waals surface area contributed by atoms with Crippen molar-refractivity contribution in [2.75, 3.05) is 44.6 Å². The molecule has 0 saturated carbocycles. The van der Waals surface area contributed by atoms with E-state index in [1.165, 1.54) is 40.2 Å². The van der Waals surface area contributed by atoms with Crippen LogP contribution in [0.1, 0.15) is 54.2 Å². The molecule has 2 aliphatic heterocycles. The normalized spacial score (nSPS) is 17.6. The number of aromatic nitrogens is 3. The third-order valence-electron chi connectivity index (χ3n) is 11.9. The average molecular weight is 951 g/mol. The molecule has 0 radical (unpaired) electrons. The largest absolute Gasteiger partial charge is 0.478 e. The molecule has 6 N–H and O–H groups in total. The zero-order valence-corrected chi connectivity index (χ0v) is 37.6. The summed E-state index contributed by atoms with van der Waals surface area (Å²) in [6, 6.07) is 18.6. The number of ketones is 1. The number of carbonyl (C=O) groups excluding carboxylic acids is 5. The number of Topliss-reactive ketones (excluding diaryl/α,β-unsaturated/α-hetero) is 1. The number of carbonyl (C=O) groups is 6. The molecule has 362 valence electrons. The van der Waals surface area contributed by atoms with E-state index >= 15 is 4.39 Å². The molecule has 4 aromatic rings. The first-order valence-corrected chi connectivity index (χ1v) is 22.3. The minimum Gasteiger partial charge on any atom is -0.478 e. The second-order valence-corrected chi connectivity index (χ2v) is 16.5. The number of nitrogens with two attached hydrogens (primary N) is 1. The van der Waals surface area contributed by atoms with E-state index in [1.807, 2.05) is 37.3 Å². The highest BCUT2D eigenvalue weighted by Crippen LogP contribution is 2.35. The molecule has 1 aliphatic carbocycles. The van der Waals surface area contributed by atoms with Crippen molar-refractivity contribution in [3.63, 3.8) is 0 Å². The van der Waals surface area contributed by atoms with Gasteiger partial charge in [-0.25, -0.2) is 32.6 Å². The molecule has 21 heteroatoms. The molecular weight excluding hydrogens is 899 g/mol. The number of anilines is 1. The van der Waals surface area contributed by atoms with Gasteiger partial charge in [-0.3, -0.25) is 9.59 Å². The van der Waals surface area contributed by atoms with Gasteiger partial charge in [-0.2, -0.15) is 0 Å². The van der Waals surface area contributed by atoms with E-state index in [1.54, 1.807) is 52.3 Å². The molecule has 4 atom stereocenters. The Morgan fingerprint density at radius 1 is 0.884 bits per heavy atom. The Morgan fingerprint density at radius 2 is 1.57 bits per heavy atom. The summed E-state index contributed by atoms with van der Waals surface area (Å²) in [5.41, 5.74) is 7.98. The second-order valence-electron chi connectivity index (χ2n) is 16.5. The van der Waals surface area contributed by atoms with Crippen molar-refractivity contribution in [3.05, 3.63) is 149 Å². The number of nitrogens with one attached hydrogen (secondary N) is 3. The molecule has 3 aliphatic rings. The number of ether oxygens (including phenoxy) is 2. The van der Waals surface area contributed by atoms with E-state index in [4.69, 9.17) is 15.2 Å². The van der Waals surface area contributed by atoms with Gasteiger partial charge in [-0.15, -0.1) is 5.10 Å². The van der Waals surface area contributed by atoms with Gasteiger partial charge in [-0.05, 0) is 79.3 Å². The topological polar surface area (TPSA) is 244 Å². The Balaban J connectivity index is 0.948. The number of benzene rings is 3. The van der Waals surface area contributed by atoms with Crippen molar-refractivity contribution in [2.24, 2.45) is 11.7 Å². The lowest BCUT2D eigenvalue weighted by molar-refractivity contribution is -0.136. The van der Waals surface area contributed by atoms with Gasteiger partial charge in [0.15, 0.2) is 5.78 Å². The highest BCUT2D eigenvalue weighted by atomic mass is 19.1. The van der Waals surface area contributed by atoms with Crippen molar-refractivity contribution in [2.45, 2.75) is 57.5 Å². The van der Waals surface area contributed by atoms with Crippen LogP contribution in [0.5, 0.6) is 0 Å². The number of nitrogens with zero attached hydrogens (tertiary/aromatic N) is 6. The van der Waals surface area contributed by atoms with Crippen LogP contribution in [-0.2, 0) is 43.5 Å². The van der Waals surface area contributed by atoms with Crippen LogP contribution in [0, 0.1) is 11.7 Å². The average Bonchev–Trinajstić information content (AvgIpc) is 3.84. The fraction of sp³-hybridized carbons (Fsp3) is 0.333. The van der Waals surface area contributed by atoms with Gasteiger partial charge in [-0.1, -0.05) is 59.8 Å². The van der Waals surface area contributed by atoms with Crippen LogP contribution in [0.15, 0.2) is 121 Å². The predicted octanol–water partition coefficient (Wildman–Crippen LogP) is 5.12. The minimum atomic E-state index is -1.36. The van der Waals surface area contributed by atoms with Crippen LogP contribution in [0.3, 0.4) is 0 Å². The summed E-state index contributed by atoms with van der Waals surface area (Å²) in [6.07, 6.45) is 5.09. The molecule has 1 aromatic heterocycles. The van der Waals surface area contributed by atoms with Gasteiger partial charge in [0.25, 0.3) is 0 Å². The number of amides is 5. The maximum atomic E-state index is 15.4. The summed E-state index contributed by atoms with van der Waals surface area (Å²) in [6.45, 7) is 3.41. The summed E-state index contributed by atoms with van der Waals surface area (Å²) >= 11 is 0. The molecule has 5 amide bonds. The predicted molar refractivity (Wildman–Crippen MR) is 245 cm³/mol.